The molecule has 2 rings (SSSR count). The SMILES string of the molecule is CC(C)NC1(CO)CCCC(SC2CCOCC2)C1. The lowest BCUT2D eigenvalue weighted by Gasteiger charge is -2.42. The van der Waals surface area contributed by atoms with Gasteiger partial charge in [0, 0.05) is 35.3 Å². The van der Waals surface area contributed by atoms with Crippen LogP contribution in [0.4, 0.5) is 0 Å². The van der Waals surface area contributed by atoms with Gasteiger partial charge in [0.15, 0.2) is 0 Å². The van der Waals surface area contributed by atoms with Crippen LogP contribution in [0.2, 0.25) is 0 Å². The van der Waals surface area contributed by atoms with E-state index in [1.165, 1.54) is 25.7 Å². The number of hydrogen-bond acceptors (Lipinski definition) is 4. The summed E-state index contributed by atoms with van der Waals surface area (Å²) in [6.07, 6.45) is 7.18. The Balaban J connectivity index is 1.87. The second kappa shape index (κ2) is 7.30. The predicted molar refractivity (Wildman–Crippen MR) is 81.8 cm³/mol. The lowest BCUT2D eigenvalue weighted by atomic mass is 9.81. The largest absolute Gasteiger partial charge is 0.394 e. The van der Waals surface area contributed by atoms with E-state index in [0.29, 0.717) is 11.3 Å². The molecule has 0 bridgehead atoms. The van der Waals surface area contributed by atoms with Crippen molar-refractivity contribution in [2.24, 2.45) is 0 Å². The number of aliphatic hydroxyl groups is 1. The van der Waals surface area contributed by atoms with Crippen molar-refractivity contribution in [3.8, 4) is 0 Å². The number of aliphatic hydroxyl groups excluding tert-OH is 1. The van der Waals surface area contributed by atoms with Crippen LogP contribution < -0.4 is 5.32 Å². The van der Waals surface area contributed by atoms with Crippen LogP contribution in [-0.4, -0.2) is 47.0 Å². The molecule has 2 unspecified atom stereocenters. The van der Waals surface area contributed by atoms with Crippen LogP contribution in [0.25, 0.3) is 0 Å². The fourth-order valence-corrected chi connectivity index (χ4v) is 5.17. The number of nitrogens with one attached hydrogen (secondary N) is 1. The van der Waals surface area contributed by atoms with Crippen molar-refractivity contribution in [3.05, 3.63) is 0 Å². The Labute approximate surface area is 121 Å². The highest BCUT2D eigenvalue weighted by atomic mass is 32.2. The molecule has 0 aromatic heterocycles. The fraction of sp³-hybridized carbons (Fsp3) is 1.00. The van der Waals surface area contributed by atoms with Gasteiger partial charge in [-0.25, -0.2) is 0 Å². The Kier molecular flexibility index (Phi) is 6.00. The van der Waals surface area contributed by atoms with E-state index in [1.807, 2.05) is 0 Å². The minimum atomic E-state index is -0.0325. The van der Waals surface area contributed by atoms with Crippen LogP contribution in [0.5, 0.6) is 0 Å². The molecule has 1 heterocycles. The first kappa shape index (κ1) is 15.6. The zero-order chi connectivity index (χ0) is 13.7. The zero-order valence-corrected chi connectivity index (χ0v) is 13.2. The normalized spacial score (nSPS) is 33.8. The lowest BCUT2D eigenvalue weighted by Crippen LogP contribution is -2.54. The molecule has 0 amide bonds. The van der Waals surface area contributed by atoms with Crippen LogP contribution >= 0.6 is 11.8 Å². The summed E-state index contributed by atoms with van der Waals surface area (Å²) in [6, 6.07) is 0.444. The van der Waals surface area contributed by atoms with Gasteiger partial charge in [0.05, 0.1) is 6.61 Å². The molecule has 1 aliphatic carbocycles. The van der Waals surface area contributed by atoms with Crippen LogP contribution in [0.15, 0.2) is 0 Å². The molecule has 112 valence electrons. The van der Waals surface area contributed by atoms with Gasteiger partial charge in [-0.05, 0) is 32.1 Å². The van der Waals surface area contributed by atoms with E-state index in [2.05, 4.69) is 30.9 Å². The average Bonchev–Trinajstić information content (AvgIpc) is 2.39. The molecule has 0 radical (unpaired) electrons. The third-order valence-corrected chi connectivity index (χ3v) is 5.89. The first-order chi connectivity index (χ1) is 9.13. The van der Waals surface area contributed by atoms with E-state index < -0.39 is 0 Å². The van der Waals surface area contributed by atoms with Crippen LogP contribution in [0, 0.1) is 0 Å². The Bertz CT molecular complexity index is 269. The maximum atomic E-state index is 9.82. The Morgan fingerprint density at radius 2 is 2.00 bits per heavy atom. The molecular formula is C15H29NO2S. The molecule has 2 atom stereocenters. The van der Waals surface area contributed by atoms with E-state index in [1.54, 1.807) is 0 Å². The number of ether oxygens (including phenoxy) is 1. The molecule has 0 spiro atoms. The van der Waals surface area contributed by atoms with Gasteiger partial charge >= 0.3 is 0 Å². The fourth-order valence-electron chi connectivity index (χ4n) is 3.44. The number of hydrogen-bond donors (Lipinski definition) is 2. The van der Waals surface area contributed by atoms with Gasteiger partial charge in [0.2, 0.25) is 0 Å². The molecule has 2 aliphatic rings. The molecule has 1 aliphatic heterocycles. The average molecular weight is 287 g/mol. The highest BCUT2D eigenvalue weighted by molar-refractivity contribution is 8.00. The number of thioether (sulfide) groups is 1. The van der Waals surface area contributed by atoms with E-state index in [0.717, 1.165) is 31.3 Å². The van der Waals surface area contributed by atoms with E-state index >= 15 is 0 Å². The summed E-state index contributed by atoms with van der Waals surface area (Å²) in [7, 11) is 0. The van der Waals surface area contributed by atoms with Crippen molar-refractivity contribution in [2.75, 3.05) is 19.8 Å². The Morgan fingerprint density at radius 1 is 1.26 bits per heavy atom. The summed E-state index contributed by atoms with van der Waals surface area (Å²) in [5.41, 5.74) is -0.0325. The molecule has 2 fully saturated rings. The van der Waals surface area contributed by atoms with Crippen LogP contribution in [0.3, 0.4) is 0 Å². The monoisotopic (exact) mass is 287 g/mol. The molecule has 2 N–H and O–H groups in total. The Morgan fingerprint density at radius 3 is 2.63 bits per heavy atom. The highest BCUT2D eigenvalue weighted by Crippen LogP contribution is 2.38. The van der Waals surface area contributed by atoms with Gasteiger partial charge in [-0.15, -0.1) is 0 Å². The lowest BCUT2D eigenvalue weighted by molar-refractivity contribution is 0.0989. The standard InChI is InChI=1S/C15H29NO2S/c1-12(2)16-15(11-17)7-3-4-14(10-15)19-13-5-8-18-9-6-13/h12-14,16-17H,3-11H2,1-2H3. The van der Waals surface area contributed by atoms with Crippen molar-refractivity contribution in [2.45, 2.75) is 74.5 Å². The van der Waals surface area contributed by atoms with Crippen molar-refractivity contribution in [1.29, 1.82) is 0 Å². The van der Waals surface area contributed by atoms with Crippen molar-refractivity contribution in [3.63, 3.8) is 0 Å². The van der Waals surface area contributed by atoms with Crippen molar-refractivity contribution < 1.29 is 9.84 Å². The molecule has 0 aromatic rings. The Hall–Kier alpha value is 0.230. The summed E-state index contributed by atoms with van der Waals surface area (Å²) < 4.78 is 5.44. The molecular weight excluding hydrogens is 258 g/mol. The van der Waals surface area contributed by atoms with E-state index in [-0.39, 0.29) is 12.1 Å². The van der Waals surface area contributed by atoms with E-state index in [4.69, 9.17) is 4.74 Å². The van der Waals surface area contributed by atoms with Gasteiger partial charge in [-0.2, -0.15) is 11.8 Å². The minimum absolute atomic E-state index is 0.0325. The second-order valence-electron chi connectivity index (χ2n) is 6.40. The molecule has 19 heavy (non-hydrogen) atoms. The summed E-state index contributed by atoms with van der Waals surface area (Å²) in [6.45, 7) is 6.48. The highest BCUT2D eigenvalue weighted by Gasteiger charge is 2.37. The van der Waals surface area contributed by atoms with E-state index in [9.17, 15) is 5.11 Å². The first-order valence-electron chi connectivity index (χ1n) is 7.75. The topological polar surface area (TPSA) is 41.5 Å². The predicted octanol–water partition coefficient (Wildman–Crippen LogP) is 2.57. The molecule has 0 aromatic carbocycles. The van der Waals surface area contributed by atoms with Crippen molar-refractivity contribution in [1.82, 2.24) is 5.32 Å². The quantitative estimate of drug-likeness (QED) is 0.815. The first-order valence-corrected chi connectivity index (χ1v) is 8.69. The van der Waals surface area contributed by atoms with Crippen LogP contribution in [0.1, 0.15) is 52.4 Å². The van der Waals surface area contributed by atoms with Gasteiger partial charge in [-0.3, -0.25) is 0 Å². The summed E-state index contributed by atoms with van der Waals surface area (Å²) in [5.74, 6) is 0. The third-order valence-electron chi connectivity index (χ3n) is 4.25. The molecule has 1 saturated carbocycles. The summed E-state index contributed by atoms with van der Waals surface area (Å²) >= 11 is 2.16. The maximum absolute atomic E-state index is 9.82. The molecule has 4 heteroatoms. The zero-order valence-electron chi connectivity index (χ0n) is 12.4. The van der Waals surface area contributed by atoms with Gasteiger partial charge in [0.1, 0.15) is 0 Å². The van der Waals surface area contributed by atoms with Gasteiger partial charge in [0.25, 0.3) is 0 Å². The van der Waals surface area contributed by atoms with Gasteiger partial charge < -0.3 is 15.2 Å². The summed E-state index contributed by atoms with van der Waals surface area (Å²) in [5, 5.41) is 14.9. The third kappa shape index (κ3) is 4.62. The number of rotatable bonds is 5. The smallest absolute Gasteiger partial charge is 0.0613 e. The van der Waals surface area contributed by atoms with Crippen molar-refractivity contribution >= 4 is 11.8 Å². The second-order valence-corrected chi connectivity index (χ2v) is 8.01. The minimum Gasteiger partial charge on any atom is -0.394 e. The molecule has 3 nitrogen and oxygen atoms in total. The van der Waals surface area contributed by atoms with Gasteiger partial charge in [-0.1, -0.05) is 20.3 Å². The maximum Gasteiger partial charge on any atom is 0.0613 e. The summed E-state index contributed by atoms with van der Waals surface area (Å²) in [4.78, 5) is 0. The van der Waals surface area contributed by atoms with Crippen LogP contribution in [-0.2, 0) is 4.74 Å². The molecule has 1 saturated heterocycles.